The zero-order chi connectivity index (χ0) is 15.5. The third kappa shape index (κ3) is 2.93. The molecular weight excluding hydrogens is 314 g/mol. The van der Waals surface area contributed by atoms with E-state index in [1.807, 2.05) is 16.7 Å². The van der Waals surface area contributed by atoms with Crippen LogP contribution in [0.5, 0.6) is 0 Å². The van der Waals surface area contributed by atoms with Crippen LogP contribution in [0, 0.1) is 11.3 Å². The molecule has 1 aliphatic rings. The Balaban J connectivity index is 1.68. The van der Waals surface area contributed by atoms with E-state index in [0.717, 1.165) is 19.4 Å². The second-order valence-electron chi connectivity index (χ2n) is 5.27. The van der Waals surface area contributed by atoms with Gasteiger partial charge in [-0.15, -0.1) is 22.7 Å². The molecule has 1 atom stereocenters. The van der Waals surface area contributed by atoms with Crippen molar-refractivity contribution >= 4 is 33.6 Å². The first-order valence-electron chi connectivity index (χ1n) is 7.30. The van der Waals surface area contributed by atoms with Gasteiger partial charge in [0, 0.05) is 17.5 Å². The highest BCUT2D eigenvalue weighted by Crippen LogP contribution is 2.35. The van der Waals surface area contributed by atoms with Gasteiger partial charge in [-0.2, -0.15) is 5.26 Å². The van der Waals surface area contributed by atoms with E-state index in [1.54, 1.807) is 6.07 Å². The van der Waals surface area contributed by atoms with E-state index in [4.69, 9.17) is 5.26 Å². The fourth-order valence-corrected chi connectivity index (χ4v) is 4.64. The van der Waals surface area contributed by atoms with Gasteiger partial charge in [-0.05, 0) is 41.3 Å². The lowest BCUT2D eigenvalue weighted by atomic mass is 9.98. The lowest BCUT2D eigenvalue weighted by Gasteiger charge is -2.34. The number of anilines is 1. The standard InChI is InChI=1S/C16H17N3OS2/c1-2-13-12-5-8-21-14(12)3-6-19(13)10-15(20)18-16-11(9-17)4-7-22-16/h4-5,7-8,13H,2-3,6,10H2,1H3,(H,18,20)/t13-/m0/s1. The average Bonchev–Trinajstić information content (AvgIpc) is 3.15. The Kier molecular flexibility index (Phi) is 4.57. The number of hydrogen-bond acceptors (Lipinski definition) is 5. The molecule has 22 heavy (non-hydrogen) atoms. The highest BCUT2D eigenvalue weighted by Gasteiger charge is 2.28. The molecule has 3 heterocycles. The number of nitrogens with one attached hydrogen (secondary N) is 1. The van der Waals surface area contributed by atoms with Crippen molar-refractivity contribution in [2.45, 2.75) is 25.8 Å². The van der Waals surface area contributed by atoms with Crippen molar-refractivity contribution in [3.05, 3.63) is 38.9 Å². The monoisotopic (exact) mass is 331 g/mol. The van der Waals surface area contributed by atoms with Crippen LogP contribution in [-0.2, 0) is 11.2 Å². The Morgan fingerprint density at radius 1 is 1.45 bits per heavy atom. The predicted octanol–water partition coefficient (Wildman–Crippen LogP) is 3.63. The summed E-state index contributed by atoms with van der Waals surface area (Å²) in [5.74, 6) is -0.0453. The van der Waals surface area contributed by atoms with Crippen LogP contribution in [0.3, 0.4) is 0 Å². The van der Waals surface area contributed by atoms with Crippen LogP contribution in [0.4, 0.5) is 5.00 Å². The van der Waals surface area contributed by atoms with Gasteiger partial charge in [0.2, 0.25) is 5.91 Å². The molecule has 0 aromatic carbocycles. The molecule has 0 aliphatic carbocycles. The van der Waals surface area contributed by atoms with E-state index in [1.165, 1.54) is 21.8 Å². The molecule has 0 spiro atoms. The first kappa shape index (κ1) is 15.2. The lowest BCUT2D eigenvalue weighted by molar-refractivity contribution is -0.118. The smallest absolute Gasteiger partial charge is 0.239 e. The Bertz CT molecular complexity index is 713. The minimum atomic E-state index is -0.0453. The van der Waals surface area contributed by atoms with Crippen LogP contribution in [0.15, 0.2) is 22.9 Å². The van der Waals surface area contributed by atoms with E-state index in [9.17, 15) is 4.79 Å². The summed E-state index contributed by atoms with van der Waals surface area (Å²) in [5, 5.41) is 16.5. The third-order valence-electron chi connectivity index (χ3n) is 3.98. The van der Waals surface area contributed by atoms with Gasteiger partial charge in [0.15, 0.2) is 0 Å². The molecule has 2 aromatic rings. The number of carbonyl (C=O) groups is 1. The summed E-state index contributed by atoms with van der Waals surface area (Å²) in [6.45, 7) is 3.45. The second kappa shape index (κ2) is 6.61. The maximum Gasteiger partial charge on any atom is 0.239 e. The SMILES string of the molecule is CC[C@H]1c2ccsc2CCN1CC(=O)Nc1sccc1C#N. The van der Waals surface area contributed by atoms with E-state index >= 15 is 0 Å². The Hall–Kier alpha value is -1.68. The maximum absolute atomic E-state index is 12.3. The first-order chi connectivity index (χ1) is 10.7. The number of nitrogens with zero attached hydrogens (tertiary/aromatic N) is 2. The number of hydrogen-bond donors (Lipinski definition) is 1. The summed E-state index contributed by atoms with van der Waals surface area (Å²) >= 11 is 3.20. The first-order valence-corrected chi connectivity index (χ1v) is 9.06. The molecule has 0 saturated heterocycles. The highest BCUT2D eigenvalue weighted by atomic mass is 32.1. The number of rotatable bonds is 4. The summed E-state index contributed by atoms with van der Waals surface area (Å²) in [7, 11) is 0. The van der Waals surface area contributed by atoms with E-state index in [2.05, 4.69) is 34.7 Å². The molecule has 1 N–H and O–H groups in total. The lowest BCUT2D eigenvalue weighted by Crippen LogP contribution is -2.39. The summed E-state index contributed by atoms with van der Waals surface area (Å²) in [6.07, 6.45) is 2.01. The maximum atomic E-state index is 12.3. The van der Waals surface area contributed by atoms with Gasteiger partial charge >= 0.3 is 0 Å². The summed E-state index contributed by atoms with van der Waals surface area (Å²) in [6, 6.07) is 6.33. The van der Waals surface area contributed by atoms with Gasteiger partial charge < -0.3 is 5.32 Å². The fraction of sp³-hybridized carbons (Fsp3) is 0.375. The number of nitriles is 1. The molecule has 0 radical (unpaired) electrons. The number of thiophene rings is 2. The predicted molar refractivity (Wildman–Crippen MR) is 90.3 cm³/mol. The minimum absolute atomic E-state index is 0.0453. The molecular formula is C16H17N3OS2. The van der Waals surface area contributed by atoms with Gasteiger partial charge in [0.25, 0.3) is 0 Å². The molecule has 0 saturated carbocycles. The minimum Gasteiger partial charge on any atom is -0.315 e. The molecule has 0 bridgehead atoms. The fourth-order valence-electron chi connectivity index (χ4n) is 2.96. The van der Waals surface area contributed by atoms with Crippen molar-refractivity contribution < 1.29 is 4.79 Å². The summed E-state index contributed by atoms with van der Waals surface area (Å²) in [5.41, 5.74) is 1.91. The largest absolute Gasteiger partial charge is 0.315 e. The summed E-state index contributed by atoms with van der Waals surface area (Å²) in [4.78, 5) is 16.0. The Morgan fingerprint density at radius 2 is 2.27 bits per heavy atom. The normalized spacial score (nSPS) is 17.7. The molecule has 0 fully saturated rings. The topological polar surface area (TPSA) is 56.1 Å². The van der Waals surface area contributed by atoms with Gasteiger partial charge in [-0.25, -0.2) is 0 Å². The molecule has 1 aliphatic heterocycles. The van der Waals surface area contributed by atoms with Crippen LogP contribution in [-0.4, -0.2) is 23.9 Å². The number of amides is 1. The zero-order valence-corrected chi connectivity index (χ0v) is 14.0. The van der Waals surface area contributed by atoms with Crippen molar-refractivity contribution in [2.75, 3.05) is 18.4 Å². The molecule has 114 valence electrons. The van der Waals surface area contributed by atoms with Gasteiger partial charge in [-0.3, -0.25) is 9.69 Å². The zero-order valence-electron chi connectivity index (χ0n) is 12.3. The molecule has 6 heteroatoms. The van der Waals surface area contributed by atoms with Crippen molar-refractivity contribution in [1.82, 2.24) is 4.90 Å². The molecule has 3 rings (SSSR count). The van der Waals surface area contributed by atoms with Crippen molar-refractivity contribution in [1.29, 1.82) is 5.26 Å². The Labute approximate surface area is 138 Å². The third-order valence-corrected chi connectivity index (χ3v) is 5.80. The van der Waals surface area contributed by atoms with Crippen molar-refractivity contribution in [2.24, 2.45) is 0 Å². The molecule has 4 nitrogen and oxygen atoms in total. The van der Waals surface area contributed by atoms with Crippen molar-refractivity contribution in [3.8, 4) is 6.07 Å². The number of fused-ring (bicyclic) bond motifs is 1. The van der Waals surface area contributed by atoms with Crippen LogP contribution in [0.25, 0.3) is 0 Å². The van der Waals surface area contributed by atoms with Crippen LogP contribution in [0.1, 0.15) is 35.4 Å². The highest BCUT2D eigenvalue weighted by molar-refractivity contribution is 7.14. The molecule has 2 aromatic heterocycles. The van der Waals surface area contributed by atoms with Gasteiger partial charge in [0.05, 0.1) is 12.1 Å². The van der Waals surface area contributed by atoms with Crippen LogP contribution >= 0.6 is 22.7 Å². The summed E-state index contributed by atoms with van der Waals surface area (Å²) < 4.78 is 0. The average molecular weight is 331 g/mol. The van der Waals surface area contributed by atoms with Crippen LogP contribution in [0.2, 0.25) is 0 Å². The number of carbonyl (C=O) groups excluding carboxylic acids is 1. The van der Waals surface area contributed by atoms with Gasteiger partial charge in [0.1, 0.15) is 11.1 Å². The second-order valence-corrected chi connectivity index (χ2v) is 7.18. The Morgan fingerprint density at radius 3 is 3.05 bits per heavy atom. The quantitative estimate of drug-likeness (QED) is 0.931. The van der Waals surface area contributed by atoms with E-state index < -0.39 is 0 Å². The van der Waals surface area contributed by atoms with Crippen LogP contribution < -0.4 is 5.32 Å². The molecule has 0 unspecified atom stereocenters. The van der Waals surface area contributed by atoms with Gasteiger partial charge in [-0.1, -0.05) is 6.92 Å². The van der Waals surface area contributed by atoms with E-state index in [-0.39, 0.29) is 5.91 Å². The van der Waals surface area contributed by atoms with E-state index in [0.29, 0.717) is 23.2 Å². The molecule has 1 amide bonds. The van der Waals surface area contributed by atoms with Crippen molar-refractivity contribution in [3.63, 3.8) is 0 Å².